The molecule has 2 amide bonds. The Morgan fingerprint density at radius 1 is 1.09 bits per heavy atom. The van der Waals surface area contributed by atoms with E-state index in [2.05, 4.69) is 34.9 Å². The molecule has 7 heteroatoms. The van der Waals surface area contributed by atoms with Crippen molar-refractivity contribution in [2.45, 2.75) is 31.6 Å². The average molecular weight is 437 g/mol. The molecule has 0 radical (unpaired) electrons. The van der Waals surface area contributed by atoms with E-state index in [4.69, 9.17) is 9.73 Å². The zero-order valence-corrected chi connectivity index (χ0v) is 18.8. The fraction of sp³-hybridized carbons (Fsp3) is 0.560. The third kappa shape index (κ3) is 3.57. The summed E-state index contributed by atoms with van der Waals surface area (Å²) in [5.74, 6) is 1.87. The van der Waals surface area contributed by atoms with Crippen LogP contribution in [0.4, 0.5) is 0 Å². The van der Waals surface area contributed by atoms with Gasteiger partial charge >= 0.3 is 0 Å². The minimum Gasteiger partial charge on any atom is -0.497 e. The Morgan fingerprint density at radius 3 is 2.31 bits per heavy atom. The van der Waals surface area contributed by atoms with E-state index in [1.54, 1.807) is 7.11 Å². The number of rotatable bonds is 8. The van der Waals surface area contributed by atoms with Gasteiger partial charge in [-0.2, -0.15) is 0 Å². The Morgan fingerprint density at radius 2 is 1.75 bits per heavy atom. The molecular formula is C25H32N4O3. The number of methoxy groups -OCH3 is 1. The van der Waals surface area contributed by atoms with Gasteiger partial charge in [0.2, 0.25) is 11.8 Å². The molecule has 0 aromatic heterocycles. The topological polar surface area (TPSA) is 83.0 Å². The number of hydrogen-bond donors (Lipinski definition) is 2. The van der Waals surface area contributed by atoms with Crippen LogP contribution >= 0.6 is 0 Å². The van der Waals surface area contributed by atoms with E-state index in [9.17, 15) is 9.59 Å². The van der Waals surface area contributed by atoms with Crippen LogP contribution in [0.25, 0.3) is 0 Å². The summed E-state index contributed by atoms with van der Waals surface area (Å²) in [7, 11) is 1.68. The Bertz CT molecular complexity index is 920. The maximum absolute atomic E-state index is 12.8. The predicted molar refractivity (Wildman–Crippen MR) is 122 cm³/mol. The monoisotopic (exact) mass is 436 g/mol. The zero-order chi connectivity index (χ0) is 22.3. The minimum atomic E-state index is -0.126. The molecule has 32 heavy (non-hydrogen) atoms. The SMILES string of the molecule is CCNC(=NCC1(c2ccc(OC)cc2)CC1)NCCN1C(=O)C2C3C=CC(C3)C2C1=O. The number of benzene rings is 1. The van der Waals surface area contributed by atoms with E-state index in [1.807, 2.05) is 19.1 Å². The molecule has 7 nitrogen and oxygen atoms in total. The van der Waals surface area contributed by atoms with Crippen LogP contribution in [0.5, 0.6) is 5.75 Å². The number of guanidine groups is 1. The Balaban J connectivity index is 1.18. The van der Waals surface area contributed by atoms with E-state index in [0.717, 1.165) is 37.5 Å². The zero-order valence-electron chi connectivity index (χ0n) is 18.8. The summed E-state index contributed by atoms with van der Waals surface area (Å²) in [6.07, 6.45) is 7.47. The van der Waals surface area contributed by atoms with Crippen molar-refractivity contribution in [1.29, 1.82) is 0 Å². The van der Waals surface area contributed by atoms with Gasteiger partial charge in [-0.05, 0) is 55.7 Å². The fourth-order valence-corrected chi connectivity index (χ4v) is 5.68. The first-order chi connectivity index (χ1) is 15.6. The summed E-state index contributed by atoms with van der Waals surface area (Å²) in [6.45, 7) is 4.38. The van der Waals surface area contributed by atoms with Crippen LogP contribution in [0.3, 0.4) is 0 Å². The van der Waals surface area contributed by atoms with Crippen molar-refractivity contribution >= 4 is 17.8 Å². The van der Waals surface area contributed by atoms with E-state index in [0.29, 0.717) is 19.6 Å². The van der Waals surface area contributed by atoms with Crippen molar-refractivity contribution in [3.05, 3.63) is 42.0 Å². The van der Waals surface area contributed by atoms with Gasteiger partial charge in [-0.3, -0.25) is 19.5 Å². The van der Waals surface area contributed by atoms with Crippen molar-refractivity contribution in [3.8, 4) is 5.75 Å². The normalized spacial score (nSPS) is 29.4. The number of allylic oxidation sites excluding steroid dienone is 2. The highest BCUT2D eigenvalue weighted by molar-refractivity contribution is 6.06. The number of amides is 2. The molecule has 4 unspecified atom stereocenters. The molecule has 2 saturated carbocycles. The summed E-state index contributed by atoms with van der Waals surface area (Å²) < 4.78 is 5.27. The van der Waals surface area contributed by atoms with Gasteiger partial charge in [-0.1, -0.05) is 24.3 Å². The van der Waals surface area contributed by atoms with Gasteiger partial charge < -0.3 is 15.4 Å². The summed E-state index contributed by atoms with van der Waals surface area (Å²) in [6, 6.07) is 8.27. The maximum Gasteiger partial charge on any atom is 0.233 e. The second-order valence-corrected chi connectivity index (χ2v) is 9.46. The highest BCUT2D eigenvalue weighted by atomic mass is 16.5. The van der Waals surface area contributed by atoms with E-state index >= 15 is 0 Å². The summed E-state index contributed by atoms with van der Waals surface area (Å²) in [5, 5.41) is 6.60. The molecule has 1 saturated heterocycles. The molecule has 3 aliphatic carbocycles. The first kappa shape index (κ1) is 21.0. The molecule has 170 valence electrons. The highest BCUT2D eigenvalue weighted by Gasteiger charge is 2.58. The lowest BCUT2D eigenvalue weighted by atomic mass is 9.85. The third-order valence-electron chi connectivity index (χ3n) is 7.63. The first-order valence-electron chi connectivity index (χ1n) is 11.8. The van der Waals surface area contributed by atoms with Crippen LogP contribution in [0.15, 0.2) is 41.4 Å². The van der Waals surface area contributed by atoms with Crippen molar-refractivity contribution in [2.24, 2.45) is 28.7 Å². The summed E-state index contributed by atoms with van der Waals surface area (Å²) in [5.41, 5.74) is 1.39. The molecule has 2 bridgehead atoms. The number of fused-ring (bicyclic) bond motifs is 5. The smallest absolute Gasteiger partial charge is 0.233 e. The van der Waals surface area contributed by atoms with Gasteiger partial charge in [0.15, 0.2) is 5.96 Å². The van der Waals surface area contributed by atoms with Gasteiger partial charge in [0, 0.05) is 25.0 Å². The molecule has 3 fully saturated rings. The maximum atomic E-state index is 12.8. The number of nitrogens with one attached hydrogen (secondary N) is 2. The number of likely N-dealkylation sites (tertiary alicyclic amines) is 1. The fourth-order valence-electron chi connectivity index (χ4n) is 5.68. The lowest BCUT2D eigenvalue weighted by Gasteiger charge is -2.19. The Labute approximate surface area is 189 Å². The average Bonchev–Trinajstić information content (AvgIpc) is 3.19. The van der Waals surface area contributed by atoms with Gasteiger partial charge in [-0.15, -0.1) is 0 Å². The van der Waals surface area contributed by atoms with Crippen LogP contribution in [0.2, 0.25) is 0 Å². The molecule has 4 atom stereocenters. The number of aliphatic imine (C=N–C) groups is 1. The Hall–Kier alpha value is -2.83. The molecule has 1 aliphatic heterocycles. The minimum absolute atomic E-state index is 0.0111. The van der Waals surface area contributed by atoms with Gasteiger partial charge in [0.25, 0.3) is 0 Å². The van der Waals surface area contributed by atoms with Crippen molar-refractivity contribution < 1.29 is 14.3 Å². The van der Waals surface area contributed by atoms with E-state index in [-0.39, 0.29) is 40.9 Å². The molecule has 1 aromatic carbocycles. The van der Waals surface area contributed by atoms with Crippen LogP contribution in [0, 0.1) is 23.7 Å². The molecule has 5 rings (SSSR count). The standard InChI is InChI=1S/C25H32N4O3/c1-3-26-24(28-15-25(10-11-25)18-6-8-19(32-2)9-7-18)27-12-13-29-22(30)20-16-4-5-17(14-16)21(20)23(29)31/h4-9,16-17,20-21H,3,10-15H2,1-2H3,(H2,26,27,28). The lowest BCUT2D eigenvalue weighted by Crippen LogP contribution is -2.44. The number of ether oxygens (including phenoxy) is 1. The van der Waals surface area contributed by atoms with Crippen molar-refractivity contribution in [3.63, 3.8) is 0 Å². The molecule has 4 aliphatic rings. The van der Waals surface area contributed by atoms with Crippen LogP contribution < -0.4 is 15.4 Å². The molecule has 1 aromatic rings. The summed E-state index contributed by atoms with van der Waals surface area (Å²) >= 11 is 0. The summed E-state index contributed by atoms with van der Waals surface area (Å²) in [4.78, 5) is 32.0. The number of hydrogen-bond acceptors (Lipinski definition) is 4. The van der Waals surface area contributed by atoms with Crippen molar-refractivity contribution in [1.82, 2.24) is 15.5 Å². The van der Waals surface area contributed by atoms with Gasteiger partial charge in [-0.25, -0.2) is 0 Å². The molecule has 0 spiro atoms. The predicted octanol–water partition coefficient (Wildman–Crippen LogP) is 2.09. The second kappa shape index (κ2) is 8.26. The largest absolute Gasteiger partial charge is 0.497 e. The molecule has 1 heterocycles. The number of carbonyl (C=O) groups excluding carboxylic acids is 2. The quantitative estimate of drug-likeness (QED) is 0.282. The number of carbonyl (C=O) groups is 2. The van der Waals surface area contributed by atoms with Crippen LogP contribution in [0.1, 0.15) is 31.7 Å². The first-order valence-corrected chi connectivity index (χ1v) is 11.8. The number of imide groups is 1. The van der Waals surface area contributed by atoms with Crippen molar-refractivity contribution in [2.75, 3.05) is 33.3 Å². The van der Waals surface area contributed by atoms with Gasteiger partial charge in [0.1, 0.15) is 5.75 Å². The van der Waals surface area contributed by atoms with E-state index in [1.165, 1.54) is 10.5 Å². The number of nitrogens with zero attached hydrogens (tertiary/aromatic N) is 2. The third-order valence-corrected chi connectivity index (χ3v) is 7.63. The lowest BCUT2D eigenvalue weighted by molar-refractivity contribution is -0.140. The highest BCUT2D eigenvalue weighted by Crippen LogP contribution is 2.52. The Kier molecular flexibility index (Phi) is 5.43. The van der Waals surface area contributed by atoms with Gasteiger partial charge in [0.05, 0.1) is 25.5 Å². The van der Waals surface area contributed by atoms with E-state index < -0.39 is 0 Å². The van der Waals surface area contributed by atoms with Crippen LogP contribution in [-0.4, -0.2) is 56.0 Å². The molecular weight excluding hydrogens is 404 g/mol. The molecule has 2 N–H and O–H groups in total. The second-order valence-electron chi connectivity index (χ2n) is 9.46. The van der Waals surface area contributed by atoms with Crippen LogP contribution in [-0.2, 0) is 15.0 Å².